The fraction of sp³-hybridized carbons (Fsp3) is 0.857. The van der Waals surface area contributed by atoms with Crippen LogP contribution in [0.1, 0.15) is 45.4 Å². The fourth-order valence-electron chi connectivity index (χ4n) is 4.76. The highest BCUT2D eigenvalue weighted by Gasteiger charge is 2.61. The molecule has 4 nitrogen and oxygen atoms in total. The van der Waals surface area contributed by atoms with Crippen LogP contribution < -0.4 is 0 Å². The molecule has 2 unspecified atom stereocenters. The molecule has 4 fully saturated rings. The fourth-order valence-corrected chi connectivity index (χ4v) is 4.76. The van der Waals surface area contributed by atoms with E-state index in [0.717, 1.165) is 32.1 Å². The van der Waals surface area contributed by atoms with Crippen molar-refractivity contribution >= 4 is 5.97 Å². The number of nitriles is 1. The third-order valence-corrected chi connectivity index (χ3v) is 4.93. The van der Waals surface area contributed by atoms with Gasteiger partial charge in [0.15, 0.2) is 6.10 Å². The van der Waals surface area contributed by atoms with Gasteiger partial charge in [0.25, 0.3) is 0 Å². The van der Waals surface area contributed by atoms with E-state index < -0.39 is 17.1 Å². The van der Waals surface area contributed by atoms with Crippen LogP contribution in [0.2, 0.25) is 0 Å². The normalized spacial score (nSPS) is 46.5. The SMILES string of the molecule is C[C@H](C#N)OC(=O)C12C[C@@H]3C[C@@H](CC(O)(C3)C1)C2. The van der Waals surface area contributed by atoms with E-state index in [4.69, 9.17) is 10.00 Å². The predicted molar refractivity (Wildman–Crippen MR) is 63.2 cm³/mol. The Morgan fingerprint density at radius 1 is 1.39 bits per heavy atom. The first-order chi connectivity index (χ1) is 8.45. The van der Waals surface area contributed by atoms with E-state index in [-0.39, 0.29) is 5.97 Å². The maximum atomic E-state index is 12.3. The van der Waals surface area contributed by atoms with Crippen molar-refractivity contribution in [2.45, 2.75) is 57.2 Å². The number of esters is 1. The number of hydrogen-bond acceptors (Lipinski definition) is 4. The van der Waals surface area contributed by atoms with Crippen LogP contribution in [-0.2, 0) is 9.53 Å². The van der Waals surface area contributed by atoms with E-state index in [0.29, 0.717) is 18.3 Å². The molecule has 0 heterocycles. The molecule has 0 saturated heterocycles. The molecule has 4 bridgehead atoms. The molecule has 5 atom stereocenters. The Labute approximate surface area is 107 Å². The van der Waals surface area contributed by atoms with Crippen LogP contribution in [0.3, 0.4) is 0 Å². The number of rotatable bonds is 2. The molecule has 0 amide bonds. The van der Waals surface area contributed by atoms with Crippen molar-refractivity contribution in [3.05, 3.63) is 0 Å². The van der Waals surface area contributed by atoms with E-state index in [9.17, 15) is 9.90 Å². The van der Waals surface area contributed by atoms with Crippen molar-refractivity contribution in [2.75, 3.05) is 0 Å². The lowest BCUT2D eigenvalue weighted by molar-refractivity contribution is -0.197. The molecule has 1 N–H and O–H groups in total. The van der Waals surface area contributed by atoms with Crippen molar-refractivity contribution < 1.29 is 14.6 Å². The largest absolute Gasteiger partial charge is 0.447 e. The molecule has 4 rings (SSSR count). The van der Waals surface area contributed by atoms with Gasteiger partial charge >= 0.3 is 5.97 Å². The van der Waals surface area contributed by atoms with Crippen molar-refractivity contribution in [1.29, 1.82) is 5.26 Å². The Hall–Kier alpha value is -1.08. The van der Waals surface area contributed by atoms with Gasteiger partial charge in [0, 0.05) is 0 Å². The third kappa shape index (κ3) is 1.73. The monoisotopic (exact) mass is 249 g/mol. The Kier molecular flexibility index (Phi) is 2.47. The molecule has 98 valence electrons. The number of carbonyl (C=O) groups excluding carboxylic acids is 1. The van der Waals surface area contributed by atoms with Gasteiger partial charge in [-0.3, -0.25) is 4.79 Å². The maximum absolute atomic E-state index is 12.3. The lowest BCUT2D eigenvalue weighted by atomic mass is 9.48. The Bertz CT molecular complexity index is 411. The Morgan fingerprint density at radius 2 is 2.00 bits per heavy atom. The molecule has 0 aromatic carbocycles. The summed E-state index contributed by atoms with van der Waals surface area (Å²) in [7, 11) is 0. The van der Waals surface area contributed by atoms with Crippen molar-refractivity contribution in [2.24, 2.45) is 17.3 Å². The first kappa shape index (κ1) is 12.0. The maximum Gasteiger partial charge on any atom is 0.313 e. The van der Waals surface area contributed by atoms with Crippen LogP contribution in [0.15, 0.2) is 0 Å². The van der Waals surface area contributed by atoms with E-state index >= 15 is 0 Å². The summed E-state index contributed by atoms with van der Waals surface area (Å²) in [5, 5.41) is 19.3. The summed E-state index contributed by atoms with van der Waals surface area (Å²) >= 11 is 0. The molecule has 4 aliphatic carbocycles. The van der Waals surface area contributed by atoms with Gasteiger partial charge in [-0.2, -0.15) is 5.26 Å². The number of aliphatic hydroxyl groups is 1. The van der Waals surface area contributed by atoms with Crippen LogP contribution in [0.5, 0.6) is 0 Å². The predicted octanol–water partition coefficient (Wildman–Crippen LogP) is 1.77. The third-order valence-electron chi connectivity index (χ3n) is 4.93. The van der Waals surface area contributed by atoms with E-state index in [2.05, 4.69) is 0 Å². The van der Waals surface area contributed by atoms with Crippen LogP contribution in [-0.4, -0.2) is 22.8 Å². The van der Waals surface area contributed by atoms with Gasteiger partial charge < -0.3 is 9.84 Å². The van der Waals surface area contributed by atoms with Gasteiger partial charge in [-0.05, 0) is 57.3 Å². The van der Waals surface area contributed by atoms with Gasteiger partial charge in [0.1, 0.15) is 6.07 Å². The average molecular weight is 249 g/mol. The quantitative estimate of drug-likeness (QED) is 0.757. The lowest BCUT2D eigenvalue weighted by Gasteiger charge is -2.58. The van der Waals surface area contributed by atoms with Crippen molar-refractivity contribution in [3.8, 4) is 6.07 Å². The van der Waals surface area contributed by atoms with Gasteiger partial charge in [0.05, 0.1) is 11.0 Å². The van der Waals surface area contributed by atoms with Crippen molar-refractivity contribution in [1.82, 2.24) is 0 Å². The van der Waals surface area contributed by atoms with Gasteiger partial charge in [0.2, 0.25) is 0 Å². The molecule has 4 saturated carbocycles. The minimum absolute atomic E-state index is 0.260. The highest BCUT2D eigenvalue weighted by Crippen LogP contribution is 2.62. The van der Waals surface area contributed by atoms with Gasteiger partial charge in [-0.1, -0.05) is 0 Å². The van der Waals surface area contributed by atoms with Gasteiger partial charge in [-0.25, -0.2) is 0 Å². The highest BCUT2D eigenvalue weighted by atomic mass is 16.5. The van der Waals surface area contributed by atoms with Crippen LogP contribution in [0.25, 0.3) is 0 Å². The van der Waals surface area contributed by atoms with Crippen molar-refractivity contribution in [3.63, 3.8) is 0 Å². The standard InChI is InChI=1S/C14H19NO3/c1-9(7-15)18-12(16)13-3-10-2-11(4-13)6-14(17,5-10)8-13/h9-11,17H,2-6,8H2,1H3/t9-,10-,11+,13?,14?/m1/s1. The second-order valence-electron chi connectivity index (χ2n) is 6.64. The number of hydrogen-bond donors (Lipinski definition) is 1. The zero-order valence-electron chi connectivity index (χ0n) is 10.7. The summed E-state index contributed by atoms with van der Waals surface area (Å²) in [6, 6.07) is 1.93. The summed E-state index contributed by atoms with van der Waals surface area (Å²) in [4.78, 5) is 12.3. The highest BCUT2D eigenvalue weighted by molar-refractivity contribution is 5.78. The van der Waals surface area contributed by atoms with Crippen LogP contribution in [0.4, 0.5) is 0 Å². The summed E-state index contributed by atoms with van der Waals surface area (Å²) in [6.07, 6.45) is 4.33. The zero-order valence-corrected chi connectivity index (χ0v) is 10.7. The number of carbonyl (C=O) groups is 1. The molecular formula is C14H19NO3. The first-order valence-electron chi connectivity index (χ1n) is 6.78. The summed E-state index contributed by atoms with van der Waals surface area (Å²) in [6.45, 7) is 1.59. The van der Waals surface area contributed by atoms with Gasteiger partial charge in [-0.15, -0.1) is 0 Å². The van der Waals surface area contributed by atoms with E-state index in [1.165, 1.54) is 0 Å². The van der Waals surface area contributed by atoms with E-state index in [1.807, 2.05) is 6.07 Å². The second kappa shape index (κ2) is 3.71. The molecule has 0 spiro atoms. The topological polar surface area (TPSA) is 70.3 Å². The summed E-state index contributed by atoms with van der Waals surface area (Å²) < 4.78 is 5.22. The molecular weight excluding hydrogens is 230 g/mol. The Morgan fingerprint density at radius 3 is 2.50 bits per heavy atom. The summed E-state index contributed by atoms with van der Waals surface area (Å²) in [5.41, 5.74) is -1.16. The first-order valence-corrected chi connectivity index (χ1v) is 6.78. The second-order valence-corrected chi connectivity index (χ2v) is 6.64. The minimum Gasteiger partial charge on any atom is -0.447 e. The Balaban J connectivity index is 1.83. The molecule has 0 aromatic heterocycles. The lowest BCUT2D eigenvalue weighted by Crippen LogP contribution is -2.58. The minimum atomic E-state index is -0.694. The zero-order chi connectivity index (χ0) is 13.0. The molecule has 4 aliphatic rings. The molecule has 18 heavy (non-hydrogen) atoms. The number of nitrogens with zero attached hydrogens (tertiary/aromatic N) is 1. The van der Waals surface area contributed by atoms with Crippen LogP contribution >= 0.6 is 0 Å². The number of ether oxygens (including phenoxy) is 1. The molecule has 4 heteroatoms. The van der Waals surface area contributed by atoms with Crippen LogP contribution in [0, 0.1) is 28.6 Å². The molecule has 0 radical (unpaired) electrons. The smallest absolute Gasteiger partial charge is 0.313 e. The molecule has 0 aliphatic heterocycles. The van der Waals surface area contributed by atoms with E-state index in [1.54, 1.807) is 6.92 Å². The summed E-state index contributed by atoms with van der Waals surface area (Å²) in [5.74, 6) is 0.659. The average Bonchev–Trinajstić information content (AvgIpc) is 2.25. The molecule has 0 aromatic rings.